The number of carbonyl (C=O) groups excluding carboxylic acids is 2. The molecule has 0 spiro atoms. The minimum atomic E-state index is -0.778. The summed E-state index contributed by atoms with van der Waals surface area (Å²) < 4.78 is 3.23. The summed E-state index contributed by atoms with van der Waals surface area (Å²) in [6.07, 6.45) is 1.25. The van der Waals surface area contributed by atoms with Crippen LogP contribution in [-0.4, -0.2) is 55.5 Å². The zero-order valence-electron chi connectivity index (χ0n) is 30.1. The van der Waals surface area contributed by atoms with E-state index in [-0.39, 0.29) is 30.2 Å². The fourth-order valence-corrected chi connectivity index (χ4v) is 6.60. The minimum absolute atomic E-state index is 0. The smallest absolute Gasteiger partial charge is 0.246 e. The average Bonchev–Trinajstić information content (AvgIpc) is 3.12. The molecule has 6 rings (SSSR count). The summed E-state index contributed by atoms with van der Waals surface area (Å²) in [5.74, 6) is -0.726. The van der Waals surface area contributed by atoms with Gasteiger partial charge in [-0.2, -0.15) is 0 Å². The van der Waals surface area contributed by atoms with Crippen molar-refractivity contribution in [2.24, 2.45) is 22.2 Å². The van der Waals surface area contributed by atoms with Gasteiger partial charge in [0.1, 0.15) is 20.1 Å². The Morgan fingerprint density at radius 2 is 1.60 bits per heavy atom. The second-order valence-electron chi connectivity index (χ2n) is 12.8. The lowest BCUT2D eigenvalue weighted by molar-refractivity contribution is -0.127. The Kier molecular flexibility index (Phi) is 14.3. The molecule has 53 heavy (non-hydrogen) atoms. The summed E-state index contributed by atoms with van der Waals surface area (Å²) in [5, 5.41) is 8.96. The summed E-state index contributed by atoms with van der Waals surface area (Å²) in [5.41, 5.74) is 28.4. The highest BCUT2D eigenvalue weighted by Gasteiger charge is 2.24. The zero-order chi connectivity index (χ0) is 37.2. The fraction of sp³-hybridized carbons (Fsp3) is 0.225. The number of nitrogens with zero attached hydrogens (tertiary/aromatic N) is 3. The summed E-state index contributed by atoms with van der Waals surface area (Å²) in [7, 11) is 4.09. The van der Waals surface area contributed by atoms with Crippen LogP contribution in [0.4, 0.5) is 11.4 Å². The van der Waals surface area contributed by atoms with E-state index in [1.54, 1.807) is 11.3 Å². The molecule has 1 aliphatic heterocycles. The van der Waals surface area contributed by atoms with Crippen molar-refractivity contribution in [2.75, 3.05) is 31.7 Å². The van der Waals surface area contributed by atoms with Crippen LogP contribution in [0, 0.1) is 6.92 Å². The number of halogens is 1. The molecular formula is C40H46ClN9O2S. The molecule has 13 heteroatoms. The van der Waals surface area contributed by atoms with Crippen LogP contribution in [-0.2, 0) is 16.0 Å². The van der Waals surface area contributed by atoms with Crippen LogP contribution < -0.4 is 55.9 Å². The van der Waals surface area contributed by atoms with Crippen molar-refractivity contribution in [3.05, 3.63) is 120 Å². The minimum Gasteiger partial charge on any atom is -1.00 e. The van der Waals surface area contributed by atoms with E-state index < -0.39 is 12.1 Å². The van der Waals surface area contributed by atoms with Crippen LogP contribution in [0.5, 0.6) is 0 Å². The molecule has 4 aromatic rings. The van der Waals surface area contributed by atoms with Gasteiger partial charge in [0.2, 0.25) is 17.2 Å². The molecule has 0 saturated heterocycles. The van der Waals surface area contributed by atoms with Gasteiger partial charge in [0, 0.05) is 30.1 Å². The molecule has 11 nitrogen and oxygen atoms in total. The number of nitrogens with two attached hydrogens (primary N) is 4. The van der Waals surface area contributed by atoms with Gasteiger partial charge < -0.3 is 46.0 Å². The third kappa shape index (κ3) is 11.2. The maximum Gasteiger partial charge on any atom is 0.246 e. The largest absolute Gasteiger partial charge is 1.00 e. The first kappa shape index (κ1) is 40.2. The molecular weight excluding hydrogens is 706 g/mol. The third-order valence-corrected chi connectivity index (χ3v) is 9.59. The van der Waals surface area contributed by atoms with Gasteiger partial charge in [-0.15, -0.1) is 11.3 Å². The molecule has 2 aliphatic rings. The van der Waals surface area contributed by atoms with E-state index in [1.165, 1.54) is 10.2 Å². The number of aryl methyl sites for hydroxylation is 1. The van der Waals surface area contributed by atoms with Crippen LogP contribution in [0.25, 0.3) is 31.6 Å². The van der Waals surface area contributed by atoms with Crippen molar-refractivity contribution in [3.8, 4) is 10.6 Å². The quantitative estimate of drug-likeness (QED) is 0.0303. The number of aliphatic imine (C=N–C) groups is 1. The zero-order valence-corrected chi connectivity index (χ0v) is 31.6. The maximum atomic E-state index is 13.0. The van der Waals surface area contributed by atoms with Crippen molar-refractivity contribution in [2.45, 2.75) is 38.3 Å². The first-order valence-corrected chi connectivity index (χ1v) is 17.8. The number of hydrogen-bond donors (Lipinski definition) is 6. The van der Waals surface area contributed by atoms with Gasteiger partial charge in [0.25, 0.3) is 0 Å². The number of hydrogen-bond acceptors (Lipinski definition) is 7. The van der Waals surface area contributed by atoms with Crippen molar-refractivity contribution in [1.82, 2.24) is 14.9 Å². The van der Waals surface area contributed by atoms with E-state index in [9.17, 15) is 9.59 Å². The molecule has 2 amide bonds. The van der Waals surface area contributed by atoms with Crippen LogP contribution >= 0.6 is 11.3 Å². The monoisotopic (exact) mass is 751 g/mol. The van der Waals surface area contributed by atoms with Crippen molar-refractivity contribution in [3.63, 3.8) is 0 Å². The van der Waals surface area contributed by atoms with Gasteiger partial charge in [-0.3, -0.25) is 14.6 Å². The Labute approximate surface area is 319 Å². The van der Waals surface area contributed by atoms with Gasteiger partial charge in [0.05, 0.1) is 26.8 Å². The van der Waals surface area contributed by atoms with Crippen LogP contribution in [0.3, 0.4) is 0 Å². The van der Waals surface area contributed by atoms with Crippen LogP contribution in [0.2, 0.25) is 0 Å². The second-order valence-corrected chi connectivity index (χ2v) is 13.9. The normalized spacial score (nSPS) is 11.8. The third-order valence-electron chi connectivity index (χ3n) is 8.50. The number of aromatic nitrogens is 1. The second kappa shape index (κ2) is 18.8. The van der Waals surface area contributed by atoms with Gasteiger partial charge in [-0.05, 0) is 78.4 Å². The standard InChI is InChI=1S/C25H30N6O2.C15H15N3S.ClH/c26-21(15-17-7-2-1-3-8-17)23(32)31-22(11-6-14-29-25(27)28)24(33)30-20-13-12-18-9-4-5-10-19(18)16-20;1-9-6-13-15(8-11(9)16)19-14-7-10(18(2)3)4-5-12(14)17-13;/h1-5,7-10,12-13,16,21-22H,6,11,14-15,26H2,(H,30,33)(H,31,32)(H4,27,28,29);4-8,16H,1-3H3;1H/t21-,22-;;/m0../s1. The molecule has 10 N–H and O–H groups in total. The Morgan fingerprint density at radius 3 is 2.32 bits per heavy atom. The van der Waals surface area contributed by atoms with Crippen LogP contribution in [0.15, 0.2) is 108 Å². The highest BCUT2D eigenvalue weighted by molar-refractivity contribution is 7.21. The number of fused-ring (bicyclic) bond motifs is 3. The first-order valence-electron chi connectivity index (χ1n) is 17.0. The Bertz CT molecular complexity index is 2250. The predicted octanol–water partition coefficient (Wildman–Crippen LogP) is 1.21. The van der Waals surface area contributed by atoms with E-state index in [0.717, 1.165) is 43.5 Å². The molecule has 0 fully saturated rings. The van der Waals surface area contributed by atoms with E-state index in [1.807, 2.05) is 99.9 Å². The number of rotatable bonds is 10. The van der Waals surface area contributed by atoms with Crippen LogP contribution in [0.1, 0.15) is 24.0 Å². The number of anilines is 2. The maximum absolute atomic E-state index is 13.0. The van der Waals surface area contributed by atoms with Crippen molar-refractivity contribution >= 4 is 61.5 Å². The molecule has 0 unspecified atom stereocenters. The topological polar surface area (TPSA) is 191 Å². The van der Waals surface area contributed by atoms with Gasteiger partial charge in [-0.1, -0.05) is 60.7 Å². The van der Waals surface area contributed by atoms with Crippen molar-refractivity contribution in [1.29, 1.82) is 0 Å². The summed E-state index contributed by atoms with van der Waals surface area (Å²) >= 11 is 1.74. The SMILES string of the molecule is Cc1cc2nc3ccc(=[N+](C)C)cc-3sc2cc1N.NC(N)=NCCC[C@H](NC(=O)[C@@H](N)Cc1ccccc1)C(=O)Nc1ccc2ccccc2c1.[Cl-]. The lowest BCUT2D eigenvalue weighted by Gasteiger charge is -2.21. The van der Waals surface area contributed by atoms with E-state index >= 15 is 0 Å². The van der Waals surface area contributed by atoms with E-state index in [0.29, 0.717) is 31.5 Å². The number of carbonyl (C=O) groups is 2. The van der Waals surface area contributed by atoms with E-state index in [2.05, 4.69) is 44.5 Å². The molecule has 4 aromatic carbocycles. The van der Waals surface area contributed by atoms with Gasteiger partial charge in [0.15, 0.2) is 5.96 Å². The number of guanidine groups is 1. The lowest BCUT2D eigenvalue weighted by Crippen LogP contribution is -3.00. The Morgan fingerprint density at radius 1 is 0.887 bits per heavy atom. The molecule has 0 saturated carbocycles. The highest BCUT2D eigenvalue weighted by Crippen LogP contribution is 2.31. The number of benzene rings is 5. The molecule has 1 heterocycles. The summed E-state index contributed by atoms with van der Waals surface area (Å²) in [4.78, 5) is 35.6. The fourth-order valence-electron chi connectivity index (χ4n) is 5.57. The molecule has 2 atom stereocenters. The predicted molar refractivity (Wildman–Crippen MR) is 215 cm³/mol. The summed E-state index contributed by atoms with van der Waals surface area (Å²) in [6, 6.07) is 31.9. The molecule has 0 aromatic heterocycles. The number of nitrogens with one attached hydrogen (secondary N) is 2. The van der Waals surface area contributed by atoms with Gasteiger partial charge >= 0.3 is 0 Å². The van der Waals surface area contributed by atoms with E-state index in [4.69, 9.17) is 27.9 Å². The molecule has 276 valence electrons. The molecule has 1 aliphatic carbocycles. The van der Waals surface area contributed by atoms with Crippen molar-refractivity contribution < 1.29 is 22.0 Å². The number of nitrogen functional groups attached to an aromatic ring is 1. The number of amides is 2. The first-order chi connectivity index (χ1) is 25.0. The summed E-state index contributed by atoms with van der Waals surface area (Å²) in [6.45, 7) is 2.37. The Balaban J connectivity index is 0.000000265. The highest BCUT2D eigenvalue weighted by atomic mass is 35.5. The Hall–Kier alpha value is -5.56. The average molecular weight is 752 g/mol. The molecule has 0 bridgehead atoms. The van der Waals surface area contributed by atoms with Gasteiger partial charge in [-0.25, -0.2) is 9.56 Å². The lowest BCUT2D eigenvalue weighted by atomic mass is 10.0. The molecule has 0 radical (unpaired) electrons.